The van der Waals surface area contributed by atoms with Gasteiger partial charge in [-0.1, -0.05) is 6.07 Å². The monoisotopic (exact) mass is 358 g/mol. The molecule has 26 heavy (non-hydrogen) atoms. The highest BCUT2D eigenvalue weighted by Crippen LogP contribution is 2.18. The van der Waals surface area contributed by atoms with Crippen LogP contribution >= 0.6 is 0 Å². The second-order valence-electron chi connectivity index (χ2n) is 5.74. The predicted molar refractivity (Wildman–Crippen MR) is 95.8 cm³/mol. The second-order valence-corrected chi connectivity index (χ2v) is 5.74. The Morgan fingerprint density at radius 3 is 2.27 bits per heavy atom. The van der Waals surface area contributed by atoms with Crippen LogP contribution in [0.5, 0.6) is 11.5 Å². The third-order valence-corrected chi connectivity index (χ3v) is 3.26. The fourth-order valence-corrected chi connectivity index (χ4v) is 2.09. The van der Waals surface area contributed by atoms with Gasteiger partial charge in [-0.15, -0.1) is 0 Å². The number of ether oxygens (including phenoxy) is 4. The topological polar surface area (TPSA) is 71.1 Å². The van der Waals surface area contributed by atoms with E-state index in [-0.39, 0.29) is 12.7 Å². The van der Waals surface area contributed by atoms with Crippen LogP contribution < -0.4 is 9.47 Å². The van der Waals surface area contributed by atoms with Crippen molar-refractivity contribution >= 4 is 11.9 Å². The first-order chi connectivity index (χ1) is 12.5. The van der Waals surface area contributed by atoms with Crippen LogP contribution in [0.1, 0.15) is 34.6 Å². The van der Waals surface area contributed by atoms with Crippen molar-refractivity contribution < 1.29 is 28.5 Å². The van der Waals surface area contributed by atoms with Gasteiger partial charge in [0.05, 0.1) is 23.8 Å². The zero-order valence-electron chi connectivity index (χ0n) is 15.1. The summed E-state index contributed by atoms with van der Waals surface area (Å²) in [7, 11) is 1.53. The van der Waals surface area contributed by atoms with Gasteiger partial charge >= 0.3 is 11.9 Å². The molecule has 6 nitrogen and oxygen atoms in total. The van der Waals surface area contributed by atoms with Crippen LogP contribution in [-0.2, 0) is 9.47 Å². The number of benzene rings is 2. The lowest BCUT2D eigenvalue weighted by Crippen LogP contribution is -2.11. The number of carbonyl (C=O) groups is 2. The zero-order chi connectivity index (χ0) is 18.9. The van der Waals surface area contributed by atoms with Gasteiger partial charge in [0, 0.05) is 7.11 Å². The van der Waals surface area contributed by atoms with Crippen molar-refractivity contribution in [1.29, 1.82) is 0 Å². The van der Waals surface area contributed by atoms with E-state index in [0.717, 1.165) is 0 Å². The van der Waals surface area contributed by atoms with Gasteiger partial charge in [0.25, 0.3) is 0 Å². The summed E-state index contributed by atoms with van der Waals surface area (Å²) >= 11 is 0. The molecular formula is C20H22O6. The highest BCUT2D eigenvalue weighted by molar-refractivity contribution is 5.92. The number of rotatable bonds is 8. The largest absolute Gasteiger partial charge is 0.491 e. The molecule has 2 aromatic carbocycles. The van der Waals surface area contributed by atoms with E-state index in [1.165, 1.54) is 19.2 Å². The average molecular weight is 358 g/mol. The first-order valence-electron chi connectivity index (χ1n) is 8.24. The molecule has 2 aromatic rings. The van der Waals surface area contributed by atoms with E-state index in [1.807, 2.05) is 13.8 Å². The Bertz CT molecular complexity index is 736. The molecule has 0 aliphatic carbocycles. The highest BCUT2D eigenvalue weighted by Gasteiger charge is 2.12. The van der Waals surface area contributed by atoms with Crippen molar-refractivity contribution in [3.63, 3.8) is 0 Å². The summed E-state index contributed by atoms with van der Waals surface area (Å²) in [6, 6.07) is 12.9. The SMILES string of the molecule is COCCOC(=O)c1ccc(OC(=O)c2cccc(OC(C)C)c2)cc1. The molecule has 0 fully saturated rings. The number of hydrogen-bond donors (Lipinski definition) is 0. The van der Waals surface area contributed by atoms with Crippen LogP contribution in [0.25, 0.3) is 0 Å². The molecule has 0 bridgehead atoms. The van der Waals surface area contributed by atoms with Gasteiger partial charge in [0.15, 0.2) is 0 Å². The maximum atomic E-state index is 12.3. The fraction of sp³-hybridized carbons (Fsp3) is 0.300. The summed E-state index contributed by atoms with van der Waals surface area (Å²) < 4.78 is 20.7. The summed E-state index contributed by atoms with van der Waals surface area (Å²) in [5.41, 5.74) is 0.749. The van der Waals surface area contributed by atoms with E-state index in [4.69, 9.17) is 18.9 Å². The van der Waals surface area contributed by atoms with Gasteiger partial charge in [0.1, 0.15) is 18.1 Å². The molecule has 0 aliphatic rings. The van der Waals surface area contributed by atoms with Crippen molar-refractivity contribution in [2.75, 3.05) is 20.3 Å². The van der Waals surface area contributed by atoms with E-state index in [9.17, 15) is 9.59 Å². The van der Waals surface area contributed by atoms with E-state index in [2.05, 4.69) is 0 Å². The molecule has 0 N–H and O–H groups in total. The Balaban J connectivity index is 1.98. The lowest BCUT2D eigenvalue weighted by molar-refractivity contribution is 0.0388. The van der Waals surface area contributed by atoms with Crippen LogP contribution in [0, 0.1) is 0 Å². The summed E-state index contributed by atoms with van der Waals surface area (Å²) in [4.78, 5) is 24.1. The number of methoxy groups -OCH3 is 1. The molecule has 0 atom stereocenters. The Hall–Kier alpha value is -2.86. The molecule has 0 amide bonds. The molecule has 0 saturated heterocycles. The minimum absolute atomic E-state index is 0.0115. The molecule has 6 heteroatoms. The van der Waals surface area contributed by atoms with Crippen molar-refractivity contribution in [1.82, 2.24) is 0 Å². The van der Waals surface area contributed by atoms with Crippen LogP contribution in [-0.4, -0.2) is 38.4 Å². The lowest BCUT2D eigenvalue weighted by atomic mass is 10.2. The Labute approximate surface area is 152 Å². The molecule has 0 unspecified atom stereocenters. The minimum atomic E-state index is -0.505. The molecule has 0 heterocycles. The predicted octanol–water partition coefficient (Wildman–Crippen LogP) is 3.50. The van der Waals surface area contributed by atoms with Crippen molar-refractivity contribution in [3.05, 3.63) is 59.7 Å². The second kappa shape index (κ2) is 9.58. The Morgan fingerprint density at radius 1 is 0.885 bits per heavy atom. The molecule has 0 aromatic heterocycles. The zero-order valence-corrected chi connectivity index (χ0v) is 15.1. The third-order valence-electron chi connectivity index (χ3n) is 3.26. The van der Waals surface area contributed by atoms with Crippen LogP contribution in [0.15, 0.2) is 48.5 Å². The molecule has 0 aliphatic heterocycles. The summed E-state index contributed by atoms with van der Waals surface area (Å²) in [5.74, 6) is -0.0321. The Kier molecular flexibility index (Phi) is 7.17. The van der Waals surface area contributed by atoms with Crippen LogP contribution in [0.3, 0.4) is 0 Å². The first-order valence-corrected chi connectivity index (χ1v) is 8.24. The van der Waals surface area contributed by atoms with Gasteiger partial charge in [-0.3, -0.25) is 0 Å². The maximum absolute atomic E-state index is 12.3. The molecule has 0 saturated carbocycles. The number of esters is 2. The number of hydrogen-bond acceptors (Lipinski definition) is 6. The molecule has 0 radical (unpaired) electrons. The lowest BCUT2D eigenvalue weighted by Gasteiger charge is -2.11. The van der Waals surface area contributed by atoms with E-state index >= 15 is 0 Å². The highest BCUT2D eigenvalue weighted by atomic mass is 16.6. The van der Waals surface area contributed by atoms with Crippen LogP contribution in [0.4, 0.5) is 0 Å². The van der Waals surface area contributed by atoms with Gasteiger partial charge in [-0.25, -0.2) is 9.59 Å². The van der Waals surface area contributed by atoms with Crippen molar-refractivity contribution in [2.45, 2.75) is 20.0 Å². The van der Waals surface area contributed by atoms with Gasteiger partial charge in [0.2, 0.25) is 0 Å². The van der Waals surface area contributed by atoms with E-state index < -0.39 is 11.9 Å². The smallest absolute Gasteiger partial charge is 0.343 e. The minimum Gasteiger partial charge on any atom is -0.491 e. The first kappa shape index (κ1) is 19.5. The van der Waals surface area contributed by atoms with Gasteiger partial charge in [-0.2, -0.15) is 0 Å². The van der Waals surface area contributed by atoms with E-state index in [1.54, 1.807) is 36.4 Å². The normalized spacial score (nSPS) is 10.5. The quantitative estimate of drug-likeness (QED) is 0.409. The van der Waals surface area contributed by atoms with Crippen molar-refractivity contribution in [2.24, 2.45) is 0 Å². The fourth-order valence-electron chi connectivity index (χ4n) is 2.09. The van der Waals surface area contributed by atoms with Gasteiger partial charge in [-0.05, 0) is 56.3 Å². The Morgan fingerprint density at radius 2 is 1.62 bits per heavy atom. The van der Waals surface area contributed by atoms with Crippen LogP contribution in [0.2, 0.25) is 0 Å². The molecule has 0 spiro atoms. The summed E-state index contributed by atoms with van der Waals surface area (Å²) in [6.45, 7) is 4.33. The van der Waals surface area contributed by atoms with Gasteiger partial charge < -0.3 is 18.9 Å². The molecule has 138 valence electrons. The maximum Gasteiger partial charge on any atom is 0.343 e. The van der Waals surface area contributed by atoms with Crippen molar-refractivity contribution in [3.8, 4) is 11.5 Å². The third kappa shape index (κ3) is 5.89. The summed E-state index contributed by atoms with van der Waals surface area (Å²) in [6.07, 6.45) is 0.0115. The standard InChI is InChI=1S/C20H22O6/c1-14(2)25-18-6-4-5-16(13-18)20(22)26-17-9-7-15(8-10-17)19(21)24-12-11-23-3/h4-10,13-14H,11-12H2,1-3H3. The summed E-state index contributed by atoms with van der Waals surface area (Å²) in [5, 5.41) is 0. The average Bonchev–Trinajstić information content (AvgIpc) is 2.62. The molecule has 2 rings (SSSR count). The molecular weight excluding hydrogens is 336 g/mol. The number of carbonyl (C=O) groups excluding carboxylic acids is 2. The van der Waals surface area contributed by atoms with E-state index in [0.29, 0.717) is 29.2 Å².